The summed E-state index contributed by atoms with van der Waals surface area (Å²) in [6.07, 6.45) is 1.50. The van der Waals surface area contributed by atoms with E-state index in [0.29, 0.717) is 61.5 Å². The molecule has 1 atom stereocenters. The Balaban J connectivity index is 1.24. The van der Waals surface area contributed by atoms with Gasteiger partial charge in [0.1, 0.15) is 11.4 Å². The Morgan fingerprint density at radius 2 is 2.05 bits per heavy atom. The lowest BCUT2D eigenvalue weighted by Crippen LogP contribution is -2.42. The second-order valence-electron chi connectivity index (χ2n) is 10.4. The van der Waals surface area contributed by atoms with Gasteiger partial charge in [-0.05, 0) is 55.7 Å². The summed E-state index contributed by atoms with van der Waals surface area (Å²) in [5, 5.41) is 20.6. The zero-order valence-electron chi connectivity index (χ0n) is 20.4. The number of aromatic nitrogens is 2. The van der Waals surface area contributed by atoms with Gasteiger partial charge in [-0.3, -0.25) is 14.3 Å². The Labute approximate surface area is 212 Å². The van der Waals surface area contributed by atoms with Crippen molar-refractivity contribution in [2.75, 3.05) is 6.61 Å². The van der Waals surface area contributed by atoms with Crippen molar-refractivity contribution in [1.82, 2.24) is 20.4 Å². The molecule has 2 fully saturated rings. The van der Waals surface area contributed by atoms with Crippen LogP contribution < -0.4 is 15.4 Å². The number of aryl methyl sites for hydroxylation is 2. The number of hydrogen-bond acceptors (Lipinski definition) is 5. The standard InChI is InChI=1S/C26H31F3N4O4/c27-26(28,29)15-37-19-3-1-2-17(12-19)6-7-18-13-20-22(23(34)31-18)21(14-30-24(35)25(36)9-10-25)33(32-20)11-8-16-4-5-16/h1-3,12,16,18,36H,4-11,13-15H2,(H,30,35)(H,31,34)/t18-/m0/s1. The third kappa shape index (κ3) is 6.44. The molecule has 0 spiro atoms. The van der Waals surface area contributed by atoms with Crippen LogP contribution in [0.3, 0.4) is 0 Å². The van der Waals surface area contributed by atoms with Gasteiger partial charge in [0.25, 0.3) is 11.8 Å². The van der Waals surface area contributed by atoms with Crippen LogP contribution in [0.15, 0.2) is 24.3 Å². The monoisotopic (exact) mass is 520 g/mol. The number of hydrogen-bond donors (Lipinski definition) is 3. The summed E-state index contributed by atoms with van der Waals surface area (Å²) >= 11 is 0. The number of carbonyl (C=O) groups excluding carboxylic acids is 2. The maximum absolute atomic E-state index is 13.1. The minimum absolute atomic E-state index is 0.122. The zero-order chi connectivity index (χ0) is 26.2. The molecule has 3 aliphatic rings. The van der Waals surface area contributed by atoms with Crippen LogP contribution in [0.25, 0.3) is 0 Å². The Hall–Kier alpha value is -3.08. The summed E-state index contributed by atoms with van der Waals surface area (Å²) < 4.78 is 44.0. The third-order valence-electron chi connectivity index (χ3n) is 7.22. The number of halogens is 3. The lowest BCUT2D eigenvalue weighted by atomic mass is 9.95. The fourth-order valence-corrected chi connectivity index (χ4v) is 4.72. The minimum Gasteiger partial charge on any atom is -0.484 e. The molecule has 0 bridgehead atoms. The molecule has 2 heterocycles. The van der Waals surface area contributed by atoms with Gasteiger partial charge in [-0.2, -0.15) is 18.3 Å². The van der Waals surface area contributed by atoms with E-state index in [1.807, 2.05) is 10.7 Å². The normalized spacial score (nSPS) is 20.2. The van der Waals surface area contributed by atoms with Crippen molar-refractivity contribution in [2.45, 2.75) is 82.3 Å². The Bertz CT molecular complexity index is 1170. The number of alkyl halides is 3. The molecule has 1 aromatic heterocycles. The molecular weight excluding hydrogens is 489 g/mol. The van der Waals surface area contributed by atoms with Crippen LogP contribution >= 0.6 is 0 Å². The first kappa shape index (κ1) is 25.6. The molecule has 5 rings (SSSR count). The molecule has 2 aromatic rings. The summed E-state index contributed by atoms with van der Waals surface area (Å²) in [6, 6.07) is 6.36. The van der Waals surface area contributed by atoms with E-state index in [9.17, 15) is 27.9 Å². The van der Waals surface area contributed by atoms with Gasteiger partial charge in [0.15, 0.2) is 6.61 Å². The van der Waals surface area contributed by atoms with Crippen LogP contribution in [-0.2, 0) is 30.7 Å². The molecule has 2 aliphatic carbocycles. The molecule has 200 valence electrons. The van der Waals surface area contributed by atoms with E-state index in [2.05, 4.69) is 10.6 Å². The molecule has 2 amide bonds. The molecule has 3 N–H and O–H groups in total. The van der Waals surface area contributed by atoms with Crippen molar-refractivity contribution >= 4 is 11.8 Å². The number of rotatable bonds is 11. The molecule has 0 saturated heterocycles. The van der Waals surface area contributed by atoms with Crippen LogP contribution in [-0.4, -0.2) is 51.1 Å². The van der Waals surface area contributed by atoms with Crippen molar-refractivity contribution in [3.05, 3.63) is 46.8 Å². The molecule has 0 radical (unpaired) electrons. The largest absolute Gasteiger partial charge is 0.484 e. The van der Waals surface area contributed by atoms with Gasteiger partial charge in [-0.25, -0.2) is 0 Å². The van der Waals surface area contributed by atoms with E-state index in [1.54, 1.807) is 12.1 Å². The average molecular weight is 521 g/mol. The molecular formula is C26H31F3N4O4. The van der Waals surface area contributed by atoms with Gasteiger partial charge >= 0.3 is 6.18 Å². The number of nitrogens with one attached hydrogen (secondary N) is 2. The predicted octanol–water partition coefficient (Wildman–Crippen LogP) is 3.05. The molecule has 1 aromatic carbocycles. The number of aliphatic hydroxyl groups is 1. The summed E-state index contributed by atoms with van der Waals surface area (Å²) in [6.45, 7) is -0.559. The summed E-state index contributed by atoms with van der Waals surface area (Å²) in [5.41, 5.74) is 1.34. The highest BCUT2D eigenvalue weighted by molar-refractivity contribution is 5.98. The Kier molecular flexibility index (Phi) is 6.91. The summed E-state index contributed by atoms with van der Waals surface area (Å²) in [5.74, 6) is 0.155. The first-order valence-electron chi connectivity index (χ1n) is 12.8. The van der Waals surface area contributed by atoms with Crippen LogP contribution in [0.2, 0.25) is 0 Å². The van der Waals surface area contributed by atoms with Gasteiger partial charge in [0.2, 0.25) is 0 Å². The topological polar surface area (TPSA) is 105 Å². The van der Waals surface area contributed by atoms with Gasteiger partial charge < -0.3 is 20.5 Å². The van der Waals surface area contributed by atoms with Crippen LogP contribution in [0.5, 0.6) is 5.75 Å². The van der Waals surface area contributed by atoms with Crippen molar-refractivity contribution in [2.24, 2.45) is 5.92 Å². The van der Waals surface area contributed by atoms with Crippen molar-refractivity contribution in [3.63, 3.8) is 0 Å². The van der Waals surface area contributed by atoms with Crippen molar-refractivity contribution < 1.29 is 32.6 Å². The number of amides is 2. The highest BCUT2D eigenvalue weighted by Crippen LogP contribution is 2.35. The minimum atomic E-state index is -4.40. The smallest absolute Gasteiger partial charge is 0.422 e. The van der Waals surface area contributed by atoms with E-state index in [4.69, 9.17) is 9.84 Å². The fourth-order valence-electron chi connectivity index (χ4n) is 4.72. The second kappa shape index (κ2) is 10.00. The molecule has 1 aliphatic heterocycles. The molecule has 0 unspecified atom stereocenters. The van der Waals surface area contributed by atoms with Gasteiger partial charge in [-0.15, -0.1) is 0 Å². The number of ether oxygens (including phenoxy) is 1. The number of benzene rings is 1. The summed E-state index contributed by atoms with van der Waals surface area (Å²) in [7, 11) is 0. The van der Waals surface area contributed by atoms with Gasteiger partial charge in [0.05, 0.1) is 23.5 Å². The second-order valence-corrected chi connectivity index (χ2v) is 10.4. The highest BCUT2D eigenvalue weighted by atomic mass is 19.4. The van der Waals surface area contributed by atoms with E-state index >= 15 is 0 Å². The molecule has 8 nitrogen and oxygen atoms in total. The van der Waals surface area contributed by atoms with Crippen molar-refractivity contribution in [1.29, 1.82) is 0 Å². The average Bonchev–Trinajstić information content (AvgIpc) is 3.78. The van der Waals surface area contributed by atoms with Gasteiger partial charge in [0, 0.05) is 19.0 Å². The number of carbonyl (C=O) groups is 2. The van der Waals surface area contributed by atoms with Crippen LogP contribution in [0, 0.1) is 5.92 Å². The number of nitrogens with zero attached hydrogens (tertiary/aromatic N) is 2. The van der Waals surface area contributed by atoms with Crippen molar-refractivity contribution in [3.8, 4) is 5.75 Å². The maximum atomic E-state index is 13.1. The lowest BCUT2D eigenvalue weighted by Gasteiger charge is -2.23. The van der Waals surface area contributed by atoms with Crippen LogP contribution in [0.4, 0.5) is 13.2 Å². The molecule has 37 heavy (non-hydrogen) atoms. The van der Waals surface area contributed by atoms with Crippen LogP contribution in [0.1, 0.15) is 65.8 Å². The molecule has 2 saturated carbocycles. The number of fused-ring (bicyclic) bond motifs is 1. The van der Waals surface area contributed by atoms with E-state index in [1.165, 1.54) is 18.9 Å². The fraction of sp³-hybridized carbons (Fsp3) is 0.577. The maximum Gasteiger partial charge on any atom is 0.422 e. The summed E-state index contributed by atoms with van der Waals surface area (Å²) in [4.78, 5) is 25.4. The quantitative estimate of drug-likeness (QED) is 0.423. The SMILES string of the molecule is O=C1N[C@@H](CCc2cccc(OCC(F)(F)F)c2)Cc2nn(CCC3CC3)c(CNC(=O)C3(O)CC3)c21. The predicted molar refractivity (Wildman–Crippen MR) is 127 cm³/mol. The zero-order valence-corrected chi connectivity index (χ0v) is 20.4. The van der Waals surface area contributed by atoms with Gasteiger partial charge in [-0.1, -0.05) is 25.0 Å². The van der Waals surface area contributed by atoms with E-state index in [-0.39, 0.29) is 24.2 Å². The molecule has 11 heteroatoms. The van der Waals surface area contributed by atoms with E-state index < -0.39 is 24.3 Å². The first-order valence-corrected chi connectivity index (χ1v) is 12.8. The Morgan fingerprint density at radius 3 is 2.76 bits per heavy atom. The van der Waals surface area contributed by atoms with E-state index in [0.717, 1.165) is 12.0 Å². The first-order chi connectivity index (χ1) is 17.6. The third-order valence-corrected chi connectivity index (χ3v) is 7.22. The lowest BCUT2D eigenvalue weighted by molar-refractivity contribution is -0.153. The Morgan fingerprint density at radius 1 is 1.27 bits per heavy atom. The highest BCUT2D eigenvalue weighted by Gasteiger charge is 2.48.